The minimum atomic E-state index is -0.359. The zero-order chi connectivity index (χ0) is 21.3. The molecule has 1 aromatic heterocycles. The molecule has 2 saturated heterocycles. The number of anilines is 2. The summed E-state index contributed by atoms with van der Waals surface area (Å²) < 4.78 is 15.8. The fourth-order valence-electron chi connectivity index (χ4n) is 4.11. The van der Waals surface area contributed by atoms with E-state index in [1.165, 1.54) is 29.0 Å². The second-order valence-corrected chi connectivity index (χ2v) is 7.95. The van der Waals surface area contributed by atoms with Crippen molar-refractivity contribution in [2.24, 2.45) is 13.0 Å². The SMILES string of the molecule is Cn1cc(C(=O)N2CCC(C(=O)Nc3ccc(N4CCCC4)c(F)c3)C2)ccc1=O. The number of halogens is 1. The van der Waals surface area contributed by atoms with Crippen molar-refractivity contribution in [3.8, 4) is 0 Å². The summed E-state index contributed by atoms with van der Waals surface area (Å²) in [6.07, 6.45) is 4.17. The lowest BCUT2D eigenvalue weighted by molar-refractivity contribution is -0.119. The van der Waals surface area contributed by atoms with Gasteiger partial charge in [0.15, 0.2) is 0 Å². The predicted molar refractivity (Wildman–Crippen MR) is 112 cm³/mol. The number of benzene rings is 1. The highest BCUT2D eigenvalue weighted by Crippen LogP contribution is 2.27. The molecule has 2 aromatic rings. The van der Waals surface area contributed by atoms with Crippen LogP contribution in [-0.2, 0) is 11.8 Å². The quantitative estimate of drug-likeness (QED) is 0.836. The third-order valence-corrected chi connectivity index (χ3v) is 5.84. The maximum Gasteiger partial charge on any atom is 0.255 e. The van der Waals surface area contributed by atoms with Crippen LogP contribution in [0.5, 0.6) is 0 Å². The van der Waals surface area contributed by atoms with Gasteiger partial charge in [-0.1, -0.05) is 0 Å². The van der Waals surface area contributed by atoms with Gasteiger partial charge in [-0.15, -0.1) is 0 Å². The third kappa shape index (κ3) is 4.08. The van der Waals surface area contributed by atoms with Crippen molar-refractivity contribution in [2.75, 3.05) is 36.4 Å². The molecule has 8 heteroatoms. The largest absolute Gasteiger partial charge is 0.369 e. The van der Waals surface area contributed by atoms with E-state index in [1.807, 2.05) is 4.90 Å². The fraction of sp³-hybridized carbons (Fsp3) is 0.409. The van der Waals surface area contributed by atoms with Gasteiger partial charge in [-0.25, -0.2) is 4.39 Å². The molecule has 2 aliphatic rings. The minimum absolute atomic E-state index is 0.187. The highest BCUT2D eigenvalue weighted by atomic mass is 19.1. The van der Waals surface area contributed by atoms with Crippen LogP contribution < -0.4 is 15.8 Å². The van der Waals surface area contributed by atoms with Gasteiger partial charge in [0, 0.05) is 51.2 Å². The topological polar surface area (TPSA) is 74.7 Å². The van der Waals surface area contributed by atoms with Crippen molar-refractivity contribution >= 4 is 23.2 Å². The lowest BCUT2D eigenvalue weighted by Gasteiger charge is -2.19. The van der Waals surface area contributed by atoms with Gasteiger partial charge >= 0.3 is 0 Å². The van der Waals surface area contributed by atoms with Crippen LogP contribution in [0.15, 0.2) is 41.3 Å². The first-order valence-electron chi connectivity index (χ1n) is 10.2. The molecule has 1 unspecified atom stereocenters. The Morgan fingerprint density at radius 3 is 2.57 bits per heavy atom. The van der Waals surface area contributed by atoms with Gasteiger partial charge in [0.25, 0.3) is 5.91 Å². The summed E-state index contributed by atoms with van der Waals surface area (Å²) in [6.45, 7) is 2.46. The van der Waals surface area contributed by atoms with Gasteiger partial charge < -0.3 is 19.7 Å². The number of nitrogens with one attached hydrogen (secondary N) is 1. The minimum Gasteiger partial charge on any atom is -0.369 e. The molecular formula is C22H25FN4O3. The molecule has 1 N–H and O–H groups in total. The van der Waals surface area contributed by atoms with Gasteiger partial charge in [0.1, 0.15) is 5.82 Å². The van der Waals surface area contributed by atoms with Crippen LogP contribution in [0.2, 0.25) is 0 Å². The summed E-state index contributed by atoms with van der Waals surface area (Å²) in [5.41, 5.74) is 1.22. The summed E-state index contributed by atoms with van der Waals surface area (Å²) in [5.74, 6) is -1.13. The third-order valence-electron chi connectivity index (χ3n) is 5.84. The van der Waals surface area contributed by atoms with Crippen molar-refractivity contribution in [1.82, 2.24) is 9.47 Å². The molecule has 0 saturated carbocycles. The summed E-state index contributed by atoms with van der Waals surface area (Å²) in [6, 6.07) is 7.64. The number of likely N-dealkylation sites (tertiary alicyclic amines) is 1. The average molecular weight is 412 g/mol. The Hall–Kier alpha value is -3.16. The number of hydrogen-bond acceptors (Lipinski definition) is 4. The molecule has 1 atom stereocenters. The molecular weight excluding hydrogens is 387 g/mol. The van der Waals surface area contributed by atoms with E-state index in [-0.39, 0.29) is 29.1 Å². The Kier molecular flexibility index (Phi) is 5.57. The fourth-order valence-corrected chi connectivity index (χ4v) is 4.11. The van der Waals surface area contributed by atoms with Crippen LogP contribution in [-0.4, -0.2) is 47.5 Å². The number of amides is 2. The number of nitrogens with zero attached hydrogens (tertiary/aromatic N) is 3. The van der Waals surface area contributed by atoms with Crippen LogP contribution in [0.3, 0.4) is 0 Å². The first-order chi connectivity index (χ1) is 14.4. The van der Waals surface area contributed by atoms with Crippen LogP contribution in [0.1, 0.15) is 29.6 Å². The Bertz CT molecular complexity index is 1030. The van der Waals surface area contributed by atoms with Crippen molar-refractivity contribution < 1.29 is 14.0 Å². The molecule has 2 amide bonds. The van der Waals surface area contributed by atoms with E-state index in [4.69, 9.17) is 0 Å². The smallest absolute Gasteiger partial charge is 0.255 e. The van der Waals surface area contributed by atoms with E-state index in [2.05, 4.69) is 5.32 Å². The zero-order valence-corrected chi connectivity index (χ0v) is 16.9. The summed E-state index contributed by atoms with van der Waals surface area (Å²) in [5, 5.41) is 2.78. The molecule has 3 heterocycles. The summed E-state index contributed by atoms with van der Waals surface area (Å²) in [4.78, 5) is 40.4. The molecule has 0 spiro atoms. The van der Waals surface area contributed by atoms with Crippen LogP contribution in [0.25, 0.3) is 0 Å². The standard InChI is InChI=1S/C22H25FN4O3/c1-25-13-16(4-7-20(25)28)22(30)27-11-8-15(14-27)21(29)24-17-5-6-19(18(23)12-17)26-9-2-3-10-26/h4-7,12-13,15H,2-3,8-11,14H2,1H3,(H,24,29). The highest BCUT2D eigenvalue weighted by Gasteiger charge is 2.32. The number of carbonyl (C=O) groups excluding carboxylic acids is 2. The highest BCUT2D eigenvalue weighted by molar-refractivity contribution is 5.96. The van der Waals surface area contributed by atoms with Gasteiger partial charge in [-0.3, -0.25) is 14.4 Å². The van der Waals surface area contributed by atoms with Crippen molar-refractivity contribution in [3.63, 3.8) is 0 Å². The Morgan fingerprint density at radius 1 is 1.10 bits per heavy atom. The van der Waals surface area contributed by atoms with Crippen molar-refractivity contribution in [1.29, 1.82) is 0 Å². The second kappa shape index (κ2) is 8.30. The molecule has 7 nitrogen and oxygen atoms in total. The van der Waals surface area contributed by atoms with E-state index in [0.717, 1.165) is 25.9 Å². The molecule has 1 aromatic carbocycles. The predicted octanol–water partition coefficient (Wildman–Crippen LogP) is 2.23. The molecule has 2 fully saturated rings. The number of rotatable bonds is 4. The van der Waals surface area contributed by atoms with Crippen LogP contribution in [0, 0.1) is 11.7 Å². The Balaban J connectivity index is 1.37. The lowest BCUT2D eigenvalue weighted by atomic mass is 10.1. The first kappa shape index (κ1) is 20.1. The Morgan fingerprint density at radius 2 is 1.87 bits per heavy atom. The normalized spacial score (nSPS) is 18.7. The maximum absolute atomic E-state index is 14.5. The first-order valence-corrected chi connectivity index (χ1v) is 10.2. The maximum atomic E-state index is 14.5. The molecule has 30 heavy (non-hydrogen) atoms. The number of aryl methyl sites for hydroxylation is 1. The summed E-state index contributed by atoms with van der Waals surface area (Å²) in [7, 11) is 1.59. The summed E-state index contributed by atoms with van der Waals surface area (Å²) >= 11 is 0. The second-order valence-electron chi connectivity index (χ2n) is 7.95. The van der Waals surface area contributed by atoms with E-state index in [9.17, 15) is 18.8 Å². The van der Waals surface area contributed by atoms with Crippen LogP contribution >= 0.6 is 0 Å². The molecule has 158 valence electrons. The molecule has 2 aliphatic heterocycles. The van der Waals surface area contributed by atoms with E-state index >= 15 is 0 Å². The molecule has 0 aliphatic carbocycles. The number of aromatic nitrogens is 1. The van der Waals surface area contributed by atoms with E-state index in [0.29, 0.717) is 36.4 Å². The van der Waals surface area contributed by atoms with Crippen molar-refractivity contribution in [2.45, 2.75) is 19.3 Å². The average Bonchev–Trinajstić information content (AvgIpc) is 3.42. The zero-order valence-electron chi connectivity index (χ0n) is 16.9. The van der Waals surface area contributed by atoms with Crippen LogP contribution in [0.4, 0.5) is 15.8 Å². The molecule has 0 bridgehead atoms. The van der Waals surface area contributed by atoms with Gasteiger partial charge in [0.05, 0.1) is 17.2 Å². The van der Waals surface area contributed by atoms with Crippen molar-refractivity contribution in [3.05, 3.63) is 58.3 Å². The van der Waals surface area contributed by atoms with E-state index in [1.54, 1.807) is 24.1 Å². The lowest BCUT2D eigenvalue weighted by Crippen LogP contribution is -2.32. The van der Waals surface area contributed by atoms with Gasteiger partial charge in [-0.05, 0) is 43.5 Å². The molecule has 0 radical (unpaired) electrons. The Labute approximate surface area is 174 Å². The number of carbonyl (C=O) groups is 2. The van der Waals surface area contributed by atoms with Gasteiger partial charge in [0.2, 0.25) is 11.5 Å². The van der Waals surface area contributed by atoms with E-state index < -0.39 is 0 Å². The monoisotopic (exact) mass is 412 g/mol. The number of pyridine rings is 1. The molecule has 4 rings (SSSR count). The van der Waals surface area contributed by atoms with Gasteiger partial charge in [-0.2, -0.15) is 0 Å². The number of hydrogen-bond donors (Lipinski definition) is 1.